The summed E-state index contributed by atoms with van der Waals surface area (Å²) in [5.41, 5.74) is 3.19. The Hall–Kier alpha value is -4.30. The second-order valence-electron chi connectivity index (χ2n) is 9.44. The van der Waals surface area contributed by atoms with Gasteiger partial charge in [0.05, 0.1) is 5.69 Å². The lowest BCUT2D eigenvalue weighted by Crippen LogP contribution is -2.54. The van der Waals surface area contributed by atoms with Gasteiger partial charge in [0.15, 0.2) is 0 Å². The third kappa shape index (κ3) is 6.77. The second-order valence-corrected chi connectivity index (χ2v) is 10.7. The van der Waals surface area contributed by atoms with Crippen molar-refractivity contribution in [2.45, 2.75) is 20.1 Å². The van der Waals surface area contributed by atoms with Gasteiger partial charge in [0.1, 0.15) is 30.3 Å². The number of halogens is 3. The topological polar surface area (TPSA) is 84.9 Å². The minimum Gasteiger partial charge on any atom is -0.489 e. The molecule has 0 spiro atoms. The number of ether oxygens (including phenoxy) is 2. The summed E-state index contributed by atoms with van der Waals surface area (Å²) in [7, 11) is 0. The Morgan fingerprint density at radius 3 is 2.29 bits per heavy atom. The van der Waals surface area contributed by atoms with Crippen molar-refractivity contribution >= 4 is 64.4 Å². The summed E-state index contributed by atoms with van der Waals surface area (Å²) in [6.45, 7) is 2.44. The fourth-order valence-electron chi connectivity index (χ4n) is 4.27. The molecule has 10 heteroatoms. The number of carbonyl (C=O) groups is 3. The Morgan fingerprint density at radius 2 is 1.55 bits per heavy atom. The van der Waals surface area contributed by atoms with E-state index in [1.165, 1.54) is 6.08 Å². The van der Waals surface area contributed by atoms with Crippen LogP contribution in [-0.2, 0) is 22.8 Å². The summed E-state index contributed by atoms with van der Waals surface area (Å²) in [6, 6.07) is 23.3. The molecular formula is C32H23Cl3N2O5. The molecular weight excluding hydrogens is 599 g/mol. The number of aryl methyl sites for hydroxylation is 1. The molecule has 0 aromatic heterocycles. The molecule has 0 unspecified atom stereocenters. The van der Waals surface area contributed by atoms with Crippen LogP contribution in [0.1, 0.15) is 22.3 Å². The van der Waals surface area contributed by atoms with Gasteiger partial charge in [-0.25, -0.2) is 9.69 Å². The van der Waals surface area contributed by atoms with E-state index >= 15 is 0 Å². The van der Waals surface area contributed by atoms with Gasteiger partial charge in [-0.15, -0.1) is 0 Å². The predicted octanol–water partition coefficient (Wildman–Crippen LogP) is 7.78. The zero-order valence-electron chi connectivity index (χ0n) is 22.2. The average molecular weight is 622 g/mol. The first-order chi connectivity index (χ1) is 20.2. The highest BCUT2D eigenvalue weighted by Crippen LogP contribution is 2.30. The molecule has 0 saturated carbocycles. The van der Waals surface area contributed by atoms with Gasteiger partial charge in [-0.1, -0.05) is 70.7 Å². The lowest BCUT2D eigenvalue weighted by atomic mass is 10.1. The van der Waals surface area contributed by atoms with Crippen LogP contribution >= 0.6 is 34.8 Å². The number of hydrogen-bond acceptors (Lipinski definition) is 5. The normalized spacial score (nSPS) is 14.2. The van der Waals surface area contributed by atoms with Crippen LogP contribution in [0.2, 0.25) is 15.1 Å². The lowest BCUT2D eigenvalue weighted by molar-refractivity contribution is -0.122. The van der Waals surface area contributed by atoms with Crippen LogP contribution in [-0.4, -0.2) is 17.8 Å². The predicted molar refractivity (Wildman–Crippen MR) is 163 cm³/mol. The van der Waals surface area contributed by atoms with Crippen molar-refractivity contribution in [3.63, 3.8) is 0 Å². The maximum Gasteiger partial charge on any atom is 0.335 e. The molecule has 1 aliphatic heterocycles. The quantitative estimate of drug-likeness (QED) is 0.160. The van der Waals surface area contributed by atoms with Crippen LogP contribution in [0.3, 0.4) is 0 Å². The van der Waals surface area contributed by atoms with Gasteiger partial charge >= 0.3 is 6.03 Å². The summed E-state index contributed by atoms with van der Waals surface area (Å²) >= 11 is 18.4. The van der Waals surface area contributed by atoms with Crippen LogP contribution in [0, 0.1) is 6.92 Å². The van der Waals surface area contributed by atoms with E-state index in [-0.39, 0.29) is 24.5 Å². The van der Waals surface area contributed by atoms with E-state index in [1.54, 1.807) is 60.7 Å². The SMILES string of the molecule is Cc1cccc(COc2ccc(Cl)cc2/C=C2\C(=O)NC(=O)N(c3ccc(OCc4ccc(Cl)cc4Cl)cc3)C2=O)c1. The molecule has 5 rings (SSSR count). The van der Waals surface area contributed by atoms with E-state index in [0.29, 0.717) is 32.1 Å². The summed E-state index contributed by atoms with van der Waals surface area (Å²) < 4.78 is 11.8. The number of benzene rings is 4. The summed E-state index contributed by atoms with van der Waals surface area (Å²) in [5, 5.41) is 3.61. The second kappa shape index (κ2) is 12.7. The highest BCUT2D eigenvalue weighted by atomic mass is 35.5. The minimum atomic E-state index is -0.870. The molecule has 4 amide bonds. The molecule has 7 nitrogen and oxygen atoms in total. The maximum absolute atomic E-state index is 13.5. The Kier molecular flexibility index (Phi) is 8.83. The zero-order valence-corrected chi connectivity index (χ0v) is 24.5. The molecule has 1 heterocycles. The number of carbonyl (C=O) groups excluding carboxylic acids is 3. The first kappa shape index (κ1) is 29.2. The Labute approximate surface area is 257 Å². The third-order valence-electron chi connectivity index (χ3n) is 6.35. The van der Waals surface area contributed by atoms with Crippen LogP contribution < -0.4 is 19.7 Å². The number of rotatable bonds is 8. The van der Waals surface area contributed by atoms with Crippen LogP contribution in [0.15, 0.2) is 90.5 Å². The van der Waals surface area contributed by atoms with Gasteiger partial charge in [-0.2, -0.15) is 0 Å². The van der Waals surface area contributed by atoms with Crippen LogP contribution in [0.25, 0.3) is 6.08 Å². The molecule has 1 fully saturated rings. The molecule has 212 valence electrons. The first-order valence-electron chi connectivity index (χ1n) is 12.7. The standard InChI is InChI=1S/C32H23Cl3N2O5/c1-19-3-2-4-20(13-19)17-42-29-12-7-23(33)14-22(29)15-27-30(38)36-32(40)37(31(27)39)25-8-10-26(11-9-25)41-18-21-5-6-24(34)16-28(21)35/h2-16H,17-18H2,1H3,(H,36,38,40)/b27-15+. The van der Waals surface area contributed by atoms with Gasteiger partial charge < -0.3 is 9.47 Å². The first-order valence-corrected chi connectivity index (χ1v) is 13.9. The van der Waals surface area contributed by atoms with Gasteiger partial charge in [0.25, 0.3) is 11.8 Å². The molecule has 4 aromatic rings. The van der Waals surface area contributed by atoms with Crippen molar-refractivity contribution in [1.82, 2.24) is 5.32 Å². The number of hydrogen-bond donors (Lipinski definition) is 1. The van der Waals surface area contributed by atoms with Crippen molar-refractivity contribution < 1.29 is 23.9 Å². The molecule has 4 aromatic carbocycles. The van der Waals surface area contributed by atoms with Crippen LogP contribution in [0.4, 0.5) is 10.5 Å². The molecule has 0 radical (unpaired) electrons. The van der Waals surface area contributed by atoms with Gasteiger partial charge in [-0.05, 0) is 73.2 Å². The largest absolute Gasteiger partial charge is 0.489 e. The number of nitrogens with zero attached hydrogens (tertiary/aromatic N) is 1. The maximum atomic E-state index is 13.5. The Morgan fingerprint density at radius 1 is 0.810 bits per heavy atom. The molecule has 42 heavy (non-hydrogen) atoms. The smallest absolute Gasteiger partial charge is 0.335 e. The highest BCUT2D eigenvalue weighted by Gasteiger charge is 2.37. The number of urea groups is 1. The van der Waals surface area contributed by atoms with Crippen molar-refractivity contribution in [3.8, 4) is 11.5 Å². The molecule has 0 atom stereocenters. The third-order valence-corrected chi connectivity index (χ3v) is 7.18. The number of imide groups is 2. The van der Waals surface area contributed by atoms with E-state index in [9.17, 15) is 14.4 Å². The van der Waals surface area contributed by atoms with E-state index in [1.807, 2.05) is 31.2 Å². The number of anilines is 1. The summed E-state index contributed by atoms with van der Waals surface area (Å²) in [4.78, 5) is 39.8. The molecule has 1 aliphatic rings. The van der Waals surface area contributed by atoms with Crippen molar-refractivity contribution in [3.05, 3.63) is 128 Å². The average Bonchev–Trinajstić information content (AvgIpc) is 2.95. The fourth-order valence-corrected chi connectivity index (χ4v) is 4.91. The van der Waals surface area contributed by atoms with Crippen molar-refractivity contribution in [1.29, 1.82) is 0 Å². The highest BCUT2D eigenvalue weighted by molar-refractivity contribution is 6.39. The number of barbiturate groups is 1. The number of amides is 4. The van der Waals surface area contributed by atoms with Crippen molar-refractivity contribution in [2.75, 3.05) is 4.90 Å². The number of nitrogens with one attached hydrogen (secondary N) is 1. The monoisotopic (exact) mass is 620 g/mol. The van der Waals surface area contributed by atoms with Gasteiger partial charge in [0, 0.05) is 26.2 Å². The molecule has 1 saturated heterocycles. The van der Waals surface area contributed by atoms with Gasteiger partial charge in [0.2, 0.25) is 0 Å². The van der Waals surface area contributed by atoms with E-state index in [0.717, 1.165) is 21.6 Å². The van der Waals surface area contributed by atoms with E-state index in [2.05, 4.69) is 5.32 Å². The van der Waals surface area contributed by atoms with Crippen molar-refractivity contribution in [2.24, 2.45) is 0 Å². The van der Waals surface area contributed by atoms with E-state index < -0.39 is 17.8 Å². The minimum absolute atomic E-state index is 0.188. The van der Waals surface area contributed by atoms with Crippen LogP contribution in [0.5, 0.6) is 11.5 Å². The molecule has 0 aliphatic carbocycles. The summed E-state index contributed by atoms with van der Waals surface area (Å²) in [5.74, 6) is -0.726. The summed E-state index contributed by atoms with van der Waals surface area (Å²) in [6.07, 6.45) is 1.36. The molecule has 0 bridgehead atoms. The lowest BCUT2D eigenvalue weighted by Gasteiger charge is -2.26. The van der Waals surface area contributed by atoms with Gasteiger partial charge in [-0.3, -0.25) is 14.9 Å². The fraction of sp³-hybridized carbons (Fsp3) is 0.0938. The van der Waals surface area contributed by atoms with E-state index in [4.69, 9.17) is 44.3 Å². The molecule has 1 N–H and O–H groups in total. The Bertz CT molecular complexity index is 1720. The zero-order chi connectivity index (χ0) is 29.8. The Balaban J connectivity index is 1.35.